The maximum Gasteiger partial charge on any atom is 0.157 e. The van der Waals surface area contributed by atoms with E-state index in [1.165, 1.54) is 19.3 Å². The van der Waals surface area contributed by atoms with Gasteiger partial charge in [-0.1, -0.05) is 6.42 Å². The van der Waals surface area contributed by atoms with Gasteiger partial charge in [-0.3, -0.25) is 4.79 Å². The first-order chi connectivity index (χ1) is 5.84. The van der Waals surface area contributed by atoms with E-state index in [-0.39, 0.29) is 5.78 Å². The zero-order valence-electron chi connectivity index (χ0n) is 7.31. The van der Waals surface area contributed by atoms with Gasteiger partial charge in [0.15, 0.2) is 5.78 Å². The van der Waals surface area contributed by atoms with E-state index in [2.05, 4.69) is 5.32 Å². The van der Waals surface area contributed by atoms with Crippen LogP contribution in [0, 0.1) is 5.92 Å². The molecule has 0 spiro atoms. The minimum absolute atomic E-state index is 0.283. The Morgan fingerprint density at radius 3 is 2.75 bits per heavy atom. The van der Waals surface area contributed by atoms with Crippen molar-refractivity contribution in [2.45, 2.75) is 32.1 Å². The Kier molecular flexibility index (Phi) is 2.15. The molecule has 1 N–H and O–H groups in total. The summed E-state index contributed by atoms with van der Waals surface area (Å²) in [5.74, 6) is 1.16. The van der Waals surface area contributed by atoms with Gasteiger partial charge in [-0.15, -0.1) is 0 Å². The highest BCUT2D eigenvalue weighted by atomic mass is 16.1. The van der Waals surface area contributed by atoms with Crippen molar-refractivity contribution in [3.8, 4) is 0 Å². The number of carbonyl (C=O) groups excluding carboxylic acids is 1. The number of nitrogens with one attached hydrogen (secondary N) is 1. The number of ketones is 1. The van der Waals surface area contributed by atoms with Crippen LogP contribution in [0.5, 0.6) is 0 Å². The van der Waals surface area contributed by atoms with E-state index in [0.717, 1.165) is 24.6 Å². The van der Waals surface area contributed by atoms with Crippen molar-refractivity contribution in [1.29, 1.82) is 0 Å². The van der Waals surface area contributed by atoms with Gasteiger partial charge in [-0.2, -0.15) is 0 Å². The van der Waals surface area contributed by atoms with Crippen LogP contribution in [-0.4, -0.2) is 12.3 Å². The van der Waals surface area contributed by atoms with Gasteiger partial charge >= 0.3 is 0 Å². The molecule has 66 valence electrons. The van der Waals surface area contributed by atoms with Crippen LogP contribution < -0.4 is 5.32 Å². The Labute approximate surface area is 73.0 Å². The normalized spacial score (nSPS) is 23.7. The van der Waals surface area contributed by atoms with Crippen molar-refractivity contribution in [2.24, 2.45) is 5.92 Å². The molecular weight excluding hydrogens is 150 g/mol. The summed E-state index contributed by atoms with van der Waals surface area (Å²) >= 11 is 0. The molecule has 0 amide bonds. The van der Waals surface area contributed by atoms with E-state index in [4.69, 9.17) is 0 Å². The maximum absolute atomic E-state index is 10.9. The summed E-state index contributed by atoms with van der Waals surface area (Å²) in [5.41, 5.74) is 1.16. The standard InChI is InChI=1S/C10H15NO/c12-10-5-4-9(6-10)11-7-8-2-1-3-8/h6,8,11H,1-5,7H2. The predicted octanol–water partition coefficient (Wildman–Crippen LogP) is 1.62. The summed E-state index contributed by atoms with van der Waals surface area (Å²) in [5, 5.41) is 3.35. The Bertz CT molecular complexity index is 216. The molecule has 0 atom stereocenters. The second-order valence-corrected chi connectivity index (χ2v) is 3.81. The molecule has 2 aliphatic carbocycles. The molecule has 0 aromatic carbocycles. The molecule has 0 heterocycles. The monoisotopic (exact) mass is 165 g/mol. The zero-order valence-corrected chi connectivity index (χ0v) is 7.31. The van der Waals surface area contributed by atoms with Gasteiger partial charge in [-0.05, 0) is 25.2 Å². The van der Waals surface area contributed by atoms with Crippen LogP contribution in [0.25, 0.3) is 0 Å². The first-order valence-corrected chi connectivity index (χ1v) is 4.82. The minimum atomic E-state index is 0.283. The summed E-state index contributed by atoms with van der Waals surface area (Å²) in [6.07, 6.45) is 7.55. The fraction of sp³-hybridized carbons (Fsp3) is 0.700. The molecular formula is C10H15NO. The molecule has 0 unspecified atom stereocenters. The highest BCUT2D eigenvalue weighted by Crippen LogP contribution is 2.25. The van der Waals surface area contributed by atoms with Crippen LogP contribution in [0.3, 0.4) is 0 Å². The van der Waals surface area contributed by atoms with E-state index in [1.54, 1.807) is 6.08 Å². The average molecular weight is 165 g/mol. The van der Waals surface area contributed by atoms with Crippen molar-refractivity contribution in [3.63, 3.8) is 0 Å². The highest BCUT2D eigenvalue weighted by Gasteiger charge is 2.18. The number of hydrogen-bond acceptors (Lipinski definition) is 2. The quantitative estimate of drug-likeness (QED) is 0.688. The van der Waals surface area contributed by atoms with E-state index < -0.39 is 0 Å². The first kappa shape index (κ1) is 7.84. The van der Waals surface area contributed by atoms with Crippen LogP contribution >= 0.6 is 0 Å². The number of carbonyl (C=O) groups is 1. The zero-order chi connectivity index (χ0) is 8.39. The van der Waals surface area contributed by atoms with Crippen molar-refractivity contribution in [2.75, 3.05) is 6.54 Å². The van der Waals surface area contributed by atoms with Gasteiger partial charge in [-0.25, -0.2) is 0 Å². The lowest BCUT2D eigenvalue weighted by Gasteiger charge is -2.26. The van der Waals surface area contributed by atoms with Gasteiger partial charge in [0, 0.05) is 24.7 Å². The lowest BCUT2D eigenvalue weighted by Crippen LogP contribution is -2.26. The van der Waals surface area contributed by atoms with E-state index in [0.29, 0.717) is 6.42 Å². The summed E-state index contributed by atoms with van der Waals surface area (Å²) in [6.45, 7) is 1.08. The number of allylic oxidation sites excluding steroid dienone is 2. The molecule has 1 saturated carbocycles. The molecule has 12 heavy (non-hydrogen) atoms. The third-order valence-electron chi connectivity index (χ3n) is 2.82. The molecule has 0 bridgehead atoms. The second-order valence-electron chi connectivity index (χ2n) is 3.81. The van der Waals surface area contributed by atoms with Gasteiger partial charge in [0.25, 0.3) is 0 Å². The summed E-state index contributed by atoms with van der Waals surface area (Å²) in [7, 11) is 0. The SMILES string of the molecule is O=C1C=C(NCC2CCC2)CC1. The maximum atomic E-state index is 10.9. The lowest BCUT2D eigenvalue weighted by molar-refractivity contribution is -0.114. The molecule has 0 aromatic heterocycles. The predicted molar refractivity (Wildman–Crippen MR) is 47.7 cm³/mol. The summed E-state index contributed by atoms with van der Waals surface area (Å²) < 4.78 is 0. The Hall–Kier alpha value is -0.790. The van der Waals surface area contributed by atoms with Crippen molar-refractivity contribution in [3.05, 3.63) is 11.8 Å². The van der Waals surface area contributed by atoms with Crippen LogP contribution in [0.15, 0.2) is 11.8 Å². The van der Waals surface area contributed by atoms with Crippen LogP contribution in [0.1, 0.15) is 32.1 Å². The summed E-state index contributed by atoms with van der Waals surface area (Å²) in [6, 6.07) is 0. The molecule has 2 rings (SSSR count). The molecule has 2 heteroatoms. The van der Waals surface area contributed by atoms with Crippen molar-refractivity contribution >= 4 is 5.78 Å². The lowest BCUT2D eigenvalue weighted by atomic mass is 9.85. The molecule has 0 saturated heterocycles. The summed E-state index contributed by atoms with van der Waals surface area (Å²) in [4.78, 5) is 10.9. The van der Waals surface area contributed by atoms with Gasteiger partial charge in [0.05, 0.1) is 0 Å². The van der Waals surface area contributed by atoms with Gasteiger partial charge in [0.1, 0.15) is 0 Å². The first-order valence-electron chi connectivity index (χ1n) is 4.82. The molecule has 2 aliphatic rings. The topological polar surface area (TPSA) is 29.1 Å². The van der Waals surface area contributed by atoms with Crippen molar-refractivity contribution < 1.29 is 4.79 Å². The van der Waals surface area contributed by atoms with E-state index >= 15 is 0 Å². The van der Waals surface area contributed by atoms with Crippen molar-refractivity contribution in [1.82, 2.24) is 5.32 Å². The van der Waals surface area contributed by atoms with E-state index in [9.17, 15) is 4.79 Å². The molecule has 0 aromatic rings. The third-order valence-corrected chi connectivity index (χ3v) is 2.82. The average Bonchev–Trinajstić information content (AvgIpc) is 2.32. The highest BCUT2D eigenvalue weighted by molar-refractivity contribution is 5.92. The second kappa shape index (κ2) is 3.30. The van der Waals surface area contributed by atoms with Crippen LogP contribution in [-0.2, 0) is 4.79 Å². The minimum Gasteiger partial charge on any atom is -0.388 e. The molecule has 2 nitrogen and oxygen atoms in total. The van der Waals surface area contributed by atoms with E-state index in [1.807, 2.05) is 0 Å². The number of hydrogen-bond donors (Lipinski definition) is 1. The Morgan fingerprint density at radius 1 is 1.42 bits per heavy atom. The molecule has 0 radical (unpaired) electrons. The van der Waals surface area contributed by atoms with Gasteiger partial charge < -0.3 is 5.32 Å². The fourth-order valence-electron chi connectivity index (χ4n) is 1.71. The third kappa shape index (κ3) is 1.68. The largest absolute Gasteiger partial charge is 0.388 e. The molecule has 1 fully saturated rings. The Balaban J connectivity index is 1.72. The van der Waals surface area contributed by atoms with Gasteiger partial charge in [0.2, 0.25) is 0 Å². The molecule has 0 aliphatic heterocycles. The smallest absolute Gasteiger partial charge is 0.157 e. The Morgan fingerprint density at radius 2 is 2.25 bits per heavy atom. The number of rotatable bonds is 3. The fourth-order valence-corrected chi connectivity index (χ4v) is 1.71. The van der Waals surface area contributed by atoms with Crippen LogP contribution in [0.4, 0.5) is 0 Å². The van der Waals surface area contributed by atoms with Crippen LogP contribution in [0.2, 0.25) is 0 Å².